The van der Waals surface area contributed by atoms with Crippen LogP contribution in [0.15, 0.2) is 29.3 Å². The van der Waals surface area contributed by atoms with Crippen molar-refractivity contribution < 1.29 is 0 Å². The molecule has 0 amide bonds. The van der Waals surface area contributed by atoms with E-state index in [1.165, 1.54) is 39.1 Å². The largest absolute Gasteiger partial charge is 0.356 e. The first kappa shape index (κ1) is 23.5. The molecule has 1 N–H and O–H groups in total. The van der Waals surface area contributed by atoms with Crippen molar-refractivity contribution in [2.24, 2.45) is 4.99 Å². The number of likely N-dealkylation sites (N-methyl/N-ethyl adjacent to an activating group) is 1. The third-order valence-electron chi connectivity index (χ3n) is 4.72. The molecule has 148 valence electrons. The molecule has 0 unspecified atom stereocenters. The van der Waals surface area contributed by atoms with Crippen molar-refractivity contribution in [2.75, 3.05) is 60.4 Å². The average Bonchev–Trinajstić information content (AvgIpc) is 2.61. The van der Waals surface area contributed by atoms with E-state index < -0.39 is 0 Å². The lowest BCUT2D eigenvalue weighted by atomic mass is 10.2. The second-order valence-electron chi connectivity index (χ2n) is 6.77. The number of aliphatic imine (C=N–C) groups is 1. The molecule has 2 rings (SSSR count). The minimum atomic E-state index is 0. The van der Waals surface area contributed by atoms with Crippen molar-refractivity contribution >= 4 is 41.5 Å². The standard InChI is InChI=1S/C19H32ClN5.HI/c1-21-19(24(3)16-17-8-4-5-9-18(17)20)22-10-6-7-11-25-14-12-23(2)13-15-25;/h4-5,8-9H,6-7,10-16H2,1-3H3,(H,21,22);1H. The lowest BCUT2D eigenvalue weighted by molar-refractivity contribution is 0.152. The van der Waals surface area contributed by atoms with Crippen LogP contribution in [0.5, 0.6) is 0 Å². The van der Waals surface area contributed by atoms with Crippen LogP contribution in [0.2, 0.25) is 5.02 Å². The third-order valence-corrected chi connectivity index (χ3v) is 5.09. The number of hydrogen-bond acceptors (Lipinski definition) is 3. The zero-order valence-electron chi connectivity index (χ0n) is 16.2. The monoisotopic (exact) mass is 493 g/mol. The second-order valence-corrected chi connectivity index (χ2v) is 7.18. The Bertz CT molecular complexity index is 546. The molecule has 1 aliphatic rings. The summed E-state index contributed by atoms with van der Waals surface area (Å²) in [4.78, 5) is 11.5. The van der Waals surface area contributed by atoms with E-state index in [1.54, 1.807) is 0 Å². The summed E-state index contributed by atoms with van der Waals surface area (Å²) in [6, 6.07) is 7.96. The number of benzene rings is 1. The molecular formula is C19H33ClIN5. The van der Waals surface area contributed by atoms with Crippen molar-refractivity contribution in [2.45, 2.75) is 19.4 Å². The Morgan fingerprint density at radius 2 is 1.88 bits per heavy atom. The minimum Gasteiger partial charge on any atom is -0.356 e. The molecule has 0 spiro atoms. The number of halogens is 2. The summed E-state index contributed by atoms with van der Waals surface area (Å²) in [7, 11) is 6.07. The van der Waals surface area contributed by atoms with Gasteiger partial charge in [-0.05, 0) is 38.1 Å². The normalized spacial score (nSPS) is 16.2. The number of unbranched alkanes of at least 4 members (excludes halogenated alkanes) is 1. The smallest absolute Gasteiger partial charge is 0.193 e. The van der Waals surface area contributed by atoms with Gasteiger partial charge in [-0.1, -0.05) is 29.8 Å². The van der Waals surface area contributed by atoms with Crippen LogP contribution in [0.4, 0.5) is 0 Å². The van der Waals surface area contributed by atoms with Gasteiger partial charge in [0.1, 0.15) is 0 Å². The first-order chi connectivity index (χ1) is 12.1. The van der Waals surface area contributed by atoms with Crippen molar-refractivity contribution in [1.29, 1.82) is 0 Å². The maximum absolute atomic E-state index is 6.25. The highest BCUT2D eigenvalue weighted by molar-refractivity contribution is 14.0. The SMILES string of the molecule is CN=C(NCCCCN1CCN(C)CC1)N(C)Cc1ccccc1Cl.I. The van der Waals surface area contributed by atoms with Crippen LogP contribution in [0.1, 0.15) is 18.4 Å². The fourth-order valence-corrected chi connectivity index (χ4v) is 3.27. The summed E-state index contributed by atoms with van der Waals surface area (Å²) in [6.07, 6.45) is 2.38. The lowest BCUT2D eigenvalue weighted by Crippen LogP contribution is -2.44. The summed E-state index contributed by atoms with van der Waals surface area (Å²) >= 11 is 6.25. The number of nitrogens with one attached hydrogen (secondary N) is 1. The first-order valence-corrected chi connectivity index (χ1v) is 9.54. The molecule has 0 atom stereocenters. The fourth-order valence-electron chi connectivity index (χ4n) is 3.07. The van der Waals surface area contributed by atoms with Gasteiger partial charge in [0.05, 0.1) is 0 Å². The predicted molar refractivity (Wildman–Crippen MR) is 123 cm³/mol. The molecular weight excluding hydrogens is 461 g/mol. The maximum atomic E-state index is 6.25. The Balaban J connectivity index is 0.00000338. The van der Waals surface area contributed by atoms with Gasteiger partial charge in [0, 0.05) is 58.4 Å². The number of piperazine rings is 1. The molecule has 0 radical (unpaired) electrons. The van der Waals surface area contributed by atoms with Gasteiger partial charge >= 0.3 is 0 Å². The minimum absolute atomic E-state index is 0. The van der Waals surface area contributed by atoms with E-state index in [4.69, 9.17) is 11.6 Å². The lowest BCUT2D eigenvalue weighted by Gasteiger charge is -2.32. The van der Waals surface area contributed by atoms with Gasteiger partial charge in [-0.15, -0.1) is 24.0 Å². The first-order valence-electron chi connectivity index (χ1n) is 9.16. The predicted octanol–water partition coefficient (Wildman–Crippen LogP) is 2.99. The van der Waals surface area contributed by atoms with E-state index in [2.05, 4.69) is 38.1 Å². The highest BCUT2D eigenvalue weighted by atomic mass is 127. The quantitative estimate of drug-likeness (QED) is 0.274. The van der Waals surface area contributed by atoms with Gasteiger partial charge in [0.2, 0.25) is 0 Å². The summed E-state index contributed by atoms with van der Waals surface area (Å²) in [5.74, 6) is 0.916. The van der Waals surface area contributed by atoms with E-state index in [-0.39, 0.29) is 24.0 Å². The molecule has 1 aromatic rings. The van der Waals surface area contributed by atoms with E-state index in [0.29, 0.717) is 0 Å². The number of hydrogen-bond donors (Lipinski definition) is 1. The van der Waals surface area contributed by atoms with Crippen LogP contribution in [0.25, 0.3) is 0 Å². The zero-order chi connectivity index (χ0) is 18.1. The van der Waals surface area contributed by atoms with Crippen LogP contribution >= 0.6 is 35.6 Å². The molecule has 1 fully saturated rings. The second kappa shape index (κ2) is 12.8. The summed E-state index contributed by atoms with van der Waals surface area (Å²) in [6.45, 7) is 7.69. The average molecular weight is 494 g/mol. The van der Waals surface area contributed by atoms with Crippen molar-refractivity contribution in [1.82, 2.24) is 20.0 Å². The summed E-state index contributed by atoms with van der Waals surface area (Å²) < 4.78 is 0. The van der Waals surface area contributed by atoms with Crippen LogP contribution in [0.3, 0.4) is 0 Å². The molecule has 1 aromatic carbocycles. The van der Waals surface area contributed by atoms with Crippen LogP contribution in [-0.4, -0.2) is 81.1 Å². The van der Waals surface area contributed by atoms with Crippen molar-refractivity contribution in [3.05, 3.63) is 34.9 Å². The molecule has 5 nitrogen and oxygen atoms in total. The molecule has 1 heterocycles. The molecule has 26 heavy (non-hydrogen) atoms. The Morgan fingerprint density at radius 3 is 2.54 bits per heavy atom. The highest BCUT2D eigenvalue weighted by Gasteiger charge is 2.13. The molecule has 0 aliphatic carbocycles. The van der Waals surface area contributed by atoms with Crippen molar-refractivity contribution in [3.63, 3.8) is 0 Å². The van der Waals surface area contributed by atoms with E-state index in [0.717, 1.165) is 36.1 Å². The summed E-state index contributed by atoms with van der Waals surface area (Å²) in [5, 5.41) is 4.26. The summed E-state index contributed by atoms with van der Waals surface area (Å²) in [5.41, 5.74) is 1.12. The Hall–Kier alpha value is -0.570. The number of guanidine groups is 1. The third kappa shape index (κ3) is 7.98. The van der Waals surface area contributed by atoms with Crippen LogP contribution in [-0.2, 0) is 6.54 Å². The van der Waals surface area contributed by atoms with E-state index in [1.807, 2.05) is 32.3 Å². The van der Waals surface area contributed by atoms with Crippen molar-refractivity contribution in [3.8, 4) is 0 Å². The topological polar surface area (TPSA) is 34.1 Å². The van der Waals surface area contributed by atoms with Gasteiger partial charge in [0.25, 0.3) is 0 Å². The highest BCUT2D eigenvalue weighted by Crippen LogP contribution is 2.16. The van der Waals surface area contributed by atoms with Crippen LogP contribution < -0.4 is 5.32 Å². The van der Waals surface area contributed by atoms with Gasteiger partial charge < -0.3 is 20.0 Å². The van der Waals surface area contributed by atoms with E-state index >= 15 is 0 Å². The Labute approximate surface area is 180 Å². The van der Waals surface area contributed by atoms with Gasteiger partial charge in [-0.3, -0.25) is 4.99 Å². The van der Waals surface area contributed by atoms with Crippen LogP contribution in [0, 0.1) is 0 Å². The number of rotatable bonds is 7. The van der Waals surface area contributed by atoms with Gasteiger partial charge in [-0.25, -0.2) is 0 Å². The van der Waals surface area contributed by atoms with Gasteiger partial charge in [-0.2, -0.15) is 0 Å². The zero-order valence-corrected chi connectivity index (χ0v) is 19.3. The van der Waals surface area contributed by atoms with E-state index in [9.17, 15) is 0 Å². The molecule has 1 saturated heterocycles. The fraction of sp³-hybridized carbons (Fsp3) is 0.632. The maximum Gasteiger partial charge on any atom is 0.193 e. The molecule has 0 bridgehead atoms. The Kier molecular flexibility index (Phi) is 11.5. The molecule has 1 aliphatic heterocycles. The van der Waals surface area contributed by atoms with Gasteiger partial charge in [0.15, 0.2) is 5.96 Å². The molecule has 7 heteroatoms. The Morgan fingerprint density at radius 1 is 1.19 bits per heavy atom. The number of nitrogens with zero attached hydrogens (tertiary/aromatic N) is 4. The molecule has 0 aromatic heterocycles. The molecule has 0 saturated carbocycles.